The minimum atomic E-state index is -0.290. The van der Waals surface area contributed by atoms with Crippen LogP contribution in [0, 0.1) is 12.7 Å². The van der Waals surface area contributed by atoms with Crippen LogP contribution in [0.5, 0.6) is 0 Å². The summed E-state index contributed by atoms with van der Waals surface area (Å²) in [6.07, 6.45) is 0.873. The normalized spacial score (nSPS) is 14.7. The van der Waals surface area contributed by atoms with Gasteiger partial charge in [0.15, 0.2) is 0 Å². The number of amides is 1. The summed E-state index contributed by atoms with van der Waals surface area (Å²) >= 11 is 1.47. The summed E-state index contributed by atoms with van der Waals surface area (Å²) in [6, 6.07) is 10.3. The van der Waals surface area contributed by atoms with Gasteiger partial charge >= 0.3 is 0 Å². The van der Waals surface area contributed by atoms with E-state index in [1.807, 2.05) is 40.1 Å². The highest BCUT2D eigenvalue weighted by molar-refractivity contribution is 7.12. The molecule has 1 aliphatic rings. The Morgan fingerprint density at radius 2 is 1.97 bits per heavy atom. The van der Waals surface area contributed by atoms with Gasteiger partial charge in [-0.15, -0.1) is 11.3 Å². The van der Waals surface area contributed by atoms with Crippen LogP contribution in [-0.2, 0) is 6.54 Å². The highest BCUT2D eigenvalue weighted by Crippen LogP contribution is 2.30. The molecule has 1 saturated heterocycles. The number of rotatable bonds is 7. The molecule has 2 aromatic heterocycles. The van der Waals surface area contributed by atoms with E-state index in [-0.39, 0.29) is 11.7 Å². The number of aryl methyl sites for hydroxylation is 1. The van der Waals surface area contributed by atoms with Crippen molar-refractivity contribution in [1.82, 2.24) is 19.6 Å². The number of likely N-dealkylation sites (N-methyl/N-ethyl adjacent to an activating group) is 1. The zero-order chi connectivity index (χ0) is 22.7. The molecule has 6 nitrogen and oxygen atoms in total. The third-order valence-corrected chi connectivity index (χ3v) is 6.73. The maximum atomic E-state index is 14.0. The highest BCUT2D eigenvalue weighted by atomic mass is 32.1. The molecule has 32 heavy (non-hydrogen) atoms. The lowest BCUT2D eigenvalue weighted by molar-refractivity contribution is 0.0748. The van der Waals surface area contributed by atoms with Crippen molar-refractivity contribution in [3.8, 4) is 5.69 Å². The average Bonchev–Trinajstić information content (AvgIpc) is 3.42. The van der Waals surface area contributed by atoms with Crippen molar-refractivity contribution in [2.24, 2.45) is 0 Å². The van der Waals surface area contributed by atoms with Crippen LogP contribution in [0.3, 0.4) is 0 Å². The fourth-order valence-corrected chi connectivity index (χ4v) is 4.82. The Morgan fingerprint density at radius 3 is 2.62 bits per heavy atom. The van der Waals surface area contributed by atoms with Gasteiger partial charge in [-0.05, 0) is 50.0 Å². The molecule has 0 bridgehead atoms. The first kappa shape index (κ1) is 22.5. The second-order valence-electron chi connectivity index (χ2n) is 8.27. The molecule has 0 N–H and O–H groups in total. The second kappa shape index (κ2) is 9.83. The van der Waals surface area contributed by atoms with Crippen LogP contribution >= 0.6 is 11.3 Å². The number of carbonyl (C=O) groups excluding carboxylic acids is 1. The van der Waals surface area contributed by atoms with Gasteiger partial charge in [-0.1, -0.05) is 19.1 Å². The van der Waals surface area contributed by atoms with Gasteiger partial charge in [0.1, 0.15) is 11.6 Å². The third kappa shape index (κ3) is 4.71. The molecule has 1 fully saturated rings. The first-order valence-corrected chi connectivity index (χ1v) is 12.0. The summed E-state index contributed by atoms with van der Waals surface area (Å²) in [7, 11) is 2.12. The summed E-state index contributed by atoms with van der Waals surface area (Å²) < 4.78 is 15.9. The van der Waals surface area contributed by atoms with Gasteiger partial charge in [0.05, 0.1) is 22.8 Å². The van der Waals surface area contributed by atoms with E-state index in [4.69, 9.17) is 5.10 Å². The van der Waals surface area contributed by atoms with Crippen LogP contribution in [-0.4, -0.2) is 65.3 Å². The average molecular weight is 456 g/mol. The molecular formula is C24H30FN5OS. The Balaban J connectivity index is 1.75. The van der Waals surface area contributed by atoms with E-state index >= 15 is 0 Å². The Hall–Kier alpha value is -2.71. The van der Waals surface area contributed by atoms with Gasteiger partial charge in [-0.25, -0.2) is 9.07 Å². The number of hydrogen-bond donors (Lipinski definition) is 0. The van der Waals surface area contributed by atoms with E-state index in [9.17, 15) is 9.18 Å². The molecule has 0 atom stereocenters. The summed E-state index contributed by atoms with van der Waals surface area (Å²) in [5, 5.41) is 6.74. The Kier molecular flexibility index (Phi) is 6.91. The second-order valence-corrected chi connectivity index (χ2v) is 9.22. The van der Waals surface area contributed by atoms with Crippen molar-refractivity contribution in [3.05, 3.63) is 63.7 Å². The number of carbonyl (C=O) groups is 1. The number of thiophene rings is 1. The Morgan fingerprint density at radius 1 is 1.19 bits per heavy atom. The monoisotopic (exact) mass is 455 g/mol. The number of hydrogen-bond acceptors (Lipinski definition) is 5. The van der Waals surface area contributed by atoms with Crippen molar-refractivity contribution in [2.75, 3.05) is 44.7 Å². The molecule has 0 radical (unpaired) electrons. The minimum Gasteiger partial charge on any atom is -0.354 e. The van der Waals surface area contributed by atoms with Gasteiger partial charge in [0.2, 0.25) is 0 Å². The fraction of sp³-hybridized carbons (Fsp3) is 0.417. The van der Waals surface area contributed by atoms with Crippen LogP contribution in [0.2, 0.25) is 0 Å². The first-order valence-electron chi connectivity index (χ1n) is 11.1. The molecule has 4 rings (SSSR count). The number of anilines is 1. The predicted molar refractivity (Wildman–Crippen MR) is 127 cm³/mol. The van der Waals surface area contributed by atoms with Crippen molar-refractivity contribution in [1.29, 1.82) is 0 Å². The van der Waals surface area contributed by atoms with Gasteiger partial charge in [0.25, 0.3) is 5.91 Å². The number of nitrogens with zero attached hydrogens (tertiary/aromatic N) is 5. The van der Waals surface area contributed by atoms with Crippen LogP contribution in [0.25, 0.3) is 5.69 Å². The van der Waals surface area contributed by atoms with E-state index in [0.717, 1.165) is 54.6 Å². The molecule has 1 aromatic carbocycles. The Labute approximate surface area is 192 Å². The molecule has 0 aliphatic carbocycles. The number of piperazine rings is 1. The summed E-state index contributed by atoms with van der Waals surface area (Å²) in [5.74, 6) is 0.715. The van der Waals surface area contributed by atoms with E-state index in [1.54, 1.807) is 6.07 Å². The van der Waals surface area contributed by atoms with Crippen LogP contribution < -0.4 is 4.90 Å². The smallest absolute Gasteiger partial charge is 0.264 e. The predicted octanol–water partition coefficient (Wildman–Crippen LogP) is 4.19. The number of benzene rings is 1. The fourth-order valence-electron chi connectivity index (χ4n) is 4.13. The number of halogens is 1. The molecule has 1 aliphatic heterocycles. The van der Waals surface area contributed by atoms with Crippen molar-refractivity contribution < 1.29 is 9.18 Å². The molecule has 8 heteroatoms. The highest BCUT2D eigenvalue weighted by Gasteiger charge is 2.27. The lowest BCUT2D eigenvalue weighted by Crippen LogP contribution is -2.45. The SMILES string of the molecule is CCCN(Cc1c(C)nn(-c2cccc(F)c2)c1N1CCN(C)CC1)C(=O)c1cccs1. The van der Waals surface area contributed by atoms with E-state index in [2.05, 4.69) is 23.8 Å². The topological polar surface area (TPSA) is 44.6 Å². The van der Waals surface area contributed by atoms with E-state index in [0.29, 0.717) is 18.8 Å². The summed E-state index contributed by atoms with van der Waals surface area (Å²) in [6.45, 7) is 8.81. The van der Waals surface area contributed by atoms with Gasteiger partial charge < -0.3 is 14.7 Å². The molecular weight excluding hydrogens is 425 g/mol. The van der Waals surface area contributed by atoms with E-state index in [1.165, 1.54) is 23.5 Å². The quantitative estimate of drug-likeness (QED) is 0.536. The van der Waals surface area contributed by atoms with Gasteiger partial charge in [-0.3, -0.25) is 4.79 Å². The summed E-state index contributed by atoms with van der Waals surface area (Å²) in [4.78, 5) is 20.5. The maximum Gasteiger partial charge on any atom is 0.264 e. The molecule has 0 saturated carbocycles. The maximum absolute atomic E-state index is 14.0. The van der Waals surface area contributed by atoms with Crippen molar-refractivity contribution in [3.63, 3.8) is 0 Å². The lowest BCUT2D eigenvalue weighted by Gasteiger charge is -2.35. The molecule has 1 amide bonds. The van der Waals surface area contributed by atoms with Crippen LogP contribution in [0.1, 0.15) is 34.3 Å². The molecule has 170 valence electrons. The zero-order valence-electron chi connectivity index (χ0n) is 18.9. The van der Waals surface area contributed by atoms with E-state index < -0.39 is 0 Å². The molecule has 3 heterocycles. The number of aromatic nitrogens is 2. The van der Waals surface area contributed by atoms with Crippen LogP contribution in [0.4, 0.5) is 10.2 Å². The summed E-state index contributed by atoms with van der Waals surface area (Å²) in [5.41, 5.74) is 2.58. The standard InChI is InChI=1S/C24H30FN5OS/c1-4-10-29(24(31)22-9-6-15-32-22)17-21-18(2)26-30(20-8-5-7-19(25)16-20)23(21)28-13-11-27(3)12-14-28/h5-9,15-16H,4,10-14,17H2,1-3H3. The van der Waals surface area contributed by atoms with Crippen LogP contribution in [0.15, 0.2) is 41.8 Å². The third-order valence-electron chi connectivity index (χ3n) is 5.87. The van der Waals surface area contributed by atoms with Gasteiger partial charge in [0, 0.05) is 38.3 Å². The van der Waals surface area contributed by atoms with Crippen molar-refractivity contribution in [2.45, 2.75) is 26.8 Å². The molecule has 0 unspecified atom stereocenters. The minimum absolute atomic E-state index is 0.0454. The first-order chi connectivity index (χ1) is 15.5. The molecule has 0 spiro atoms. The van der Waals surface area contributed by atoms with Crippen molar-refractivity contribution >= 4 is 23.1 Å². The zero-order valence-corrected chi connectivity index (χ0v) is 19.7. The lowest BCUT2D eigenvalue weighted by atomic mass is 10.1. The Bertz CT molecular complexity index is 1060. The van der Waals surface area contributed by atoms with Gasteiger partial charge in [-0.2, -0.15) is 5.10 Å². The largest absolute Gasteiger partial charge is 0.354 e. The molecule has 3 aromatic rings.